The van der Waals surface area contributed by atoms with Crippen LogP contribution in [0.1, 0.15) is 37.6 Å². The highest BCUT2D eigenvalue weighted by molar-refractivity contribution is 9.10. The quantitative estimate of drug-likeness (QED) is 0.737. The van der Waals surface area contributed by atoms with Crippen LogP contribution in [0.4, 0.5) is 0 Å². The summed E-state index contributed by atoms with van der Waals surface area (Å²) in [5.41, 5.74) is 0.881. The van der Waals surface area contributed by atoms with E-state index >= 15 is 0 Å². The second-order valence-electron chi connectivity index (χ2n) is 6.19. The van der Waals surface area contributed by atoms with Crippen LogP contribution in [0.5, 0.6) is 5.75 Å². The highest BCUT2D eigenvalue weighted by Crippen LogP contribution is 2.22. The molecule has 0 atom stereocenters. The third-order valence-corrected chi connectivity index (χ3v) is 3.58. The summed E-state index contributed by atoms with van der Waals surface area (Å²) in [7, 11) is 1.59. The average Bonchev–Trinajstić information content (AvgIpc) is 2.41. The molecule has 0 heterocycles. The number of hydrogen-bond donors (Lipinski definition) is 2. The van der Waals surface area contributed by atoms with Gasteiger partial charge in [0.1, 0.15) is 5.75 Å². The summed E-state index contributed by atoms with van der Waals surface area (Å²) in [5.74, 6) is 0.590. The molecule has 0 spiro atoms. The minimum Gasteiger partial charge on any atom is -0.497 e. The van der Waals surface area contributed by atoms with Gasteiger partial charge in [0.05, 0.1) is 12.7 Å². The molecular weight excluding hydrogens is 332 g/mol. The molecule has 1 amide bonds. The molecule has 0 saturated carbocycles. The highest BCUT2D eigenvalue weighted by Gasteiger charge is 2.11. The largest absolute Gasteiger partial charge is 0.497 e. The first-order valence-corrected chi connectivity index (χ1v) is 7.95. The third-order valence-electron chi connectivity index (χ3n) is 2.89. The zero-order valence-corrected chi connectivity index (χ0v) is 14.8. The number of benzene rings is 1. The number of carbonyl (C=O) groups is 1. The zero-order valence-electron chi connectivity index (χ0n) is 13.3. The summed E-state index contributed by atoms with van der Waals surface area (Å²) in [6, 6.07) is 5.37. The van der Waals surface area contributed by atoms with Gasteiger partial charge in [-0.05, 0) is 59.1 Å². The van der Waals surface area contributed by atoms with Crippen molar-refractivity contribution in [2.75, 3.05) is 26.7 Å². The summed E-state index contributed by atoms with van der Waals surface area (Å²) < 4.78 is 5.91. The molecule has 21 heavy (non-hydrogen) atoms. The fraction of sp³-hybridized carbons (Fsp3) is 0.562. The Kier molecular flexibility index (Phi) is 7.18. The number of amides is 1. The molecule has 2 N–H and O–H groups in total. The van der Waals surface area contributed by atoms with E-state index in [2.05, 4.69) is 47.3 Å². The molecule has 0 radical (unpaired) electrons. The Morgan fingerprint density at radius 1 is 1.29 bits per heavy atom. The van der Waals surface area contributed by atoms with E-state index in [-0.39, 0.29) is 11.3 Å². The van der Waals surface area contributed by atoms with Gasteiger partial charge in [-0.1, -0.05) is 20.8 Å². The summed E-state index contributed by atoms with van der Waals surface area (Å²) >= 11 is 3.39. The predicted octanol–water partition coefficient (Wildman–Crippen LogP) is 3.21. The molecule has 0 fully saturated rings. The molecule has 0 aromatic heterocycles. The molecule has 0 saturated heterocycles. The second kappa shape index (κ2) is 8.39. The van der Waals surface area contributed by atoms with Gasteiger partial charge >= 0.3 is 0 Å². The Morgan fingerprint density at radius 2 is 2.00 bits per heavy atom. The topological polar surface area (TPSA) is 50.4 Å². The molecule has 0 bridgehead atoms. The normalized spacial score (nSPS) is 11.3. The third kappa shape index (κ3) is 6.96. The van der Waals surface area contributed by atoms with Gasteiger partial charge in [0.15, 0.2) is 0 Å². The van der Waals surface area contributed by atoms with Crippen molar-refractivity contribution in [3.63, 3.8) is 0 Å². The van der Waals surface area contributed by atoms with Gasteiger partial charge in [-0.15, -0.1) is 0 Å². The van der Waals surface area contributed by atoms with Gasteiger partial charge in [0.25, 0.3) is 5.91 Å². The van der Waals surface area contributed by atoms with Crippen LogP contribution in [0.2, 0.25) is 0 Å². The van der Waals surface area contributed by atoms with E-state index in [4.69, 9.17) is 4.74 Å². The fourth-order valence-corrected chi connectivity index (χ4v) is 2.21. The van der Waals surface area contributed by atoms with Crippen molar-refractivity contribution < 1.29 is 9.53 Å². The zero-order chi connectivity index (χ0) is 15.9. The standard InChI is InChI=1S/C16H25BrN2O2/c1-16(2,3)11-18-8-5-9-19-15(20)13-10-12(21-4)6-7-14(13)17/h6-7,10,18H,5,8-9,11H2,1-4H3,(H,19,20). The molecule has 4 nitrogen and oxygen atoms in total. The van der Waals surface area contributed by atoms with Crippen LogP contribution in [-0.4, -0.2) is 32.7 Å². The first kappa shape index (κ1) is 18.0. The van der Waals surface area contributed by atoms with Crippen LogP contribution in [0.25, 0.3) is 0 Å². The lowest BCUT2D eigenvalue weighted by molar-refractivity contribution is 0.0952. The first-order valence-electron chi connectivity index (χ1n) is 7.16. The smallest absolute Gasteiger partial charge is 0.252 e. The first-order chi connectivity index (χ1) is 9.83. The maximum absolute atomic E-state index is 12.1. The number of nitrogens with one attached hydrogen (secondary N) is 2. The molecule has 118 valence electrons. The molecule has 0 unspecified atom stereocenters. The molecular formula is C16H25BrN2O2. The summed E-state index contributed by atoms with van der Waals surface area (Å²) in [4.78, 5) is 12.1. The maximum atomic E-state index is 12.1. The lowest BCUT2D eigenvalue weighted by atomic mass is 9.97. The molecule has 0 aliphatic carbocycles. The number of methoxy groups -OCH3 is 1. The summed E-state index contributed by atoms with van der Waals surface area (Å²) in [6.45, 7) is 9.12. The van der Waals surface area contributed by atoms with E-state index in [1.54, 1.807) is 13.2 Å². The number of ether oxygens (including phenoxy) is 1. The van der Waals surface area contributed by atoms with E-state index in [9.17, 15) is 4.79 Å². The van der Waals surface area contributed by atoms with Crippen LogP contribution in [0.3, 0.4) is 0 Å². The van der Waals surface area contributed by atoms with Crippen LogP contribution in [0, 0.1) is 5.41 Å². The number of carbonyl (C=O) groups excluding carboxylic acids is 1. The molecule has 0 aliphatic rings. The van der Waals surface area contributed by atoms with Gasteiger partial charge < -0.3 is 15.4 Å². The highest BCUT2D eigenvalue weighted by atomic mass is 79.9. The fourth-order valence-electron chi connectivity index (χ4n) is 1.78. The van der Waals surface area contributed by atoms with Gasteiger partial charge in [0, 0.05) is 11.0 Å². The molecule has 1 aromatic rings. The Hall–Kier alpha value is -1.07. The Labute approximate surface area is 135 Å². The molecule has 0 aliphatic heterocycles. The average molecular weight is 357 g/mol. The van der Waals surface area contributed by atoms with Gasteiger partial charge in [-0.25, -0.2) is 0 Å². The van der Waals surface area contributed by atoms with Crippen molar-refractivity contribution in [3.8, 4) is 5.75 Å². The van der Waals surface area contributed by atoms with Crippen LogP contribution < -0.4 is 15.4 Å². The summed E-state index contributed by atoms with van der Waals surface area (Å²) in [6.07, 6.45) is 0.906. The van der Waals surface area contributed by atoms with E-state index in [1.165, 1.54) is 0 Å². The van der Waals surface area contributed by atoms with E-state index in [1.807, 2.05) is 12.1 Å². The minimum atomic E-state index is -0.0865. The maximum Gasteiger partial charge on any atom is 0.252 e. The van der Waals surface area contributed by atoms with Gasteiger partial charge in [0.2, 0.25) is 0 Å². The monoisotopic (exact) mass is 356 g/mol. The van der Waals surface area contributed by atoms with Gasteiger partial charge in [-0.2, -0.15) is 0 Å². The number of hydrogen-bond acceptors (Lipinski definition) is 3. The summed E-state index contributed by atoms with van der Waals surface area (Å²) in [5, 5.41) is 6.31. The lowest BCUT2D eigenvalue weighted by Gasteiger charge is -2.18. The predicted molar refractivity (Wildman–Crippen MR) is 90.0 cm³/mol. The van der Waals surface area contributed by atoms with Crippen LogP contribution >= 0.6 is 15.9 Å². The number of halogens is 1. The van der Waals surface area contributed by atoms with E-state index in [0.29, 0.717) is 17.9 Å². The van der Waals surface area contributed by atoms with Gasteiger partial charge in [-0.3, -0.25) is 4.79 Å². The molecule has 5 heteroatoms. The molecule has 1 rings (SSSR count). The van der Waals surface area contributed by atoms with Crippen molar-refractivity contribution in [1.82, 2.24) is 10.6 Å². The minimum absolute atomic E-state index is 0.0865. The van der Waals surface area contributed by atoms with Crippen LogP contribution in [-0.2, 0) is 0 Å². The van der Waals surface area contributed by atoms with Crippen molar-refractivity contribution in [2.45, 2.75) is 27.2 Å². The Bertz CT molecular complexity index is 470. The molecule has 1 aromatic carbocycles. The van der Waals surface area contributed by atoms with E-state index < -0.39 is 0 Å². The van der Waals surface area contributed by atoms with Crippen molar-refractivity contribution >= 4 is 21.8 Å². The van der Waals surface area contributed by atoms with Crippen molar-refractivity contribution in [2.24, 2.45) is 5.41 Å². The lowest BCUT2D eigenvalue weighted by Crippen LogP contribution is -2.31. The van der Waals surface area contributed by atoms with Crippen molar-refractivity contribution in [1.29, 1.82) is 0 Å². The number of rotatable bonds is 7. The second-order valence-corrected chi connectivity index (χ2v) is 7.05. The Morgan fingerprint density at radius 3 is 2.62 bits per heavy atom. The van der Waals surface area contributed by atoms with Crippen molar-refractivity contribution in [3.05, 3.63) is 28.2 Å². The SMILES string of the molecule is COc1ccc(Br)c(C(=O)NCCCNCC(C)(C)C)c1. The van der Waals surface area contributed by atoms with Crippen LogP contribution in [0.15, 0.2) is 22.7 Å². The Balaban J connectivity index is 2.34. The van der Waals surface area contributed by atoms with E-state index in [0.717, 1.165) is 24.0 Å².